The minimum absolute atomic E-state index is 0.798. The maximum Gasteiger partial charge on any atom is 0.142 e. The molecule has 0 bridgehead atoms. The van der Waals surface area contributed by atoms with Gasteiger partial charge in [0.15, 0.2) is 0 Å². The van der Waals surface area contributed by atoms with E-state index in [0.717, 1.165) is 25.3 Å². The molecule has 1 aromatic rings. The van der Waals surface area contributed by atoms with Crippen molar-refractivity contribution in [1.82, 2.24) is 10.3 Å². The highest BCUT2D eigenvalue weighted by atomic mass is 16.5. The van der Waals surface area contributed by atoms with E-state index in [-0.39, 0.29) is 0 Å². The van der Waals surface area contributed by atoms with Crippen LogP contribution in [0.5, 0.6) is 5.75 Å². The molecule has 17 heavy (non-hydrogen) atoms. The molecule has 0 amide bonds. The molecule has 1 N–H and O–H groups in total. The summed E-state index contributed by atoms with van der Waals surface area (Å²) in [6.07, 6.45) is 9.94. The summed E-state index contributed by atoms with van der Waals surface area (Å²) in [7, 11) is 1.94. The van der Waals surface area contributed by atoms with Gasteiger partial charge < -0.3 is 10.1 Å². The quantitative estimate of drug-likeness (QED) is 0.669. The first-order valence-corrected chi connectivity index (χ1v) is 6.58. The van der Waals surface area contributed by atoms with Crippen LogP contribution in [0.3, 0.4) is 0 Å². The van der Waals surface area contributed by atoms with Crippen molar-refractivity contribution in [1.29, 1.82) is 0 Å². The SMILES string of the molecule is CCCCCCCOc1cnccc1CNC. The highest BCUT2D eigenvalue weighted by molar-refractivity contribution is 5.29. The summed E-state index contributed by atoms with van der Waals surface area (Å²) in [6.45, 7) is 3.86. The Bertz CT molecular complexity index is 302. The molecule has 0 unspecified atom stereocenters. The number of nitrogens with zero attached hydrogens (tertiary/aromatic N) is 1. The minimum Gasteiger partial charge on any atom is -0.492 e. The van der Waals surface area contributed by atoms with Gasteiger partial charge in [-0.2, -0.15) is 0 Å². The second kappa shape index (κ2) is 8.99. The lowest BCUT2D eigenvalue weighted by molar-refractivity contribution is 0.300. The van der Waals surface area contributed by atoms with Crippen LogP contribution in [0, 0.1) is 0 Å². The van der Waals surface area contributed by atoms with E-state index in [4.69, 9.17) is 4.74 Å². The van der Waals surface area contributed by atoms with Crippen LogP contribution < -0.4 is 10.1 Å². The summed E-state index contributed by atoms with van der Waals surface area (Å²) < 4.78 is 5.77. The molecule has 0 radical (unpaired) electrons. The summed E-state index contributed by atoms with van der Waals surface area (Å²) in [4.78, 5) is 4.10. The Balaban J connectivity index is 2.25. The molecule has 0 aliphatic carbocycles. The van der Waals surface area contributed by atoms with Gasteiger partial charge in [0, 0.05) is 18.3 Å². The molecule has 0 aliphatic rings. The summed E-state index contributed by atoms with van der Waals surface area (Å²) in [5, 5.41) is 3.13. The number of ether oxygens (including phenoxy) is 1. The summed E-state index contributed by atoms with van der Waals surface area (Å²) in [5.41, 5.74) is 1.18. The predicted molar refractivity (Wildman–Crippen MR) is 71.3 cm³/mol. The molecule has 0 aromatic carbocycles. The van der Waals surface area contributed by atoms with Crippen LogP contribution in [-0.4, -0.2) is 18.6 Å². The Hall–Kier alpha value is -1.09. The molecule has 0 saturated heterocycles. The average Bonchev–Trinajstić information content (AvgIpc) is 2.36. The number of pyridine rings is 1. The molecule has 0 atom stereocenters. The van der Waals surface area contributed by atoms with Crippen LogP contribution in [0.25, 0.3) is 0 Å². The van der Waals surface area contributed by atoms with Gasteiger partial charge in [0.2, 0.25) is 0 Å². The third kappa shape index (κ3) is 5.68. The molecule has 3 nitrogen and oxygen atoms in total. The van der Waals surface area contributed by atoms with E-state index in [2.05, 4.69) is 17.2 Å². The topological polar surface area (TPSA) is 34.1 Å². The predicted octanol–water partition coefficient (Wildman–Crippen LogP) is 3.15. The van der Waals surface area contributed by atoms with Gasteiger partial charge >= 0.3 is 0 Å². The van der Waals surface area contributed by atoms with Crippen molar-refractivity contribution in [2.75, 3.05) is 13.7 Å². The number of hydrogen-bond donors (Lipinski definition) is 1. The van der Waals surface area contributed by atoms with E-state index in [1.807, 2.05) is 13.1 Å². The Morgan fingerprint density at radius 2 is 2.06 bits per heavy atom. The third-order valence-electron chi connectivity index (χ3n) is 2.74. The van der Waals surface area contributed by atoms with Crippen molar-refractivity contribution in [3.8, 4) is 5.75 Å². The fraction of sp³-hybridized carbons (Fsp3) is 0.643. The first-order valence-electron chi connectivity index (χ1n) is 6.58. The van der Waals surface area contributed by atoms with Gasteiger partial charge in [-0.25, -0.2) is 0 Å². The van der Waals surface area contributed by atoms with Gasteiger partial charge in [-0.1, -0.05) is 32.6 Å². The molecule has 1 aromatic heterocycles. The lowest BCUT2D eigenvalue weighted by atomic mass is 10.2. The lowest BCUT2D eigenvalue weighted by Crippen LogP contribution is -2.08. The van der Waals surface area contributed by atoms with Crippen LogP contribution in [0.15, 0.2) is 18.5 Å². The van der Waals surface area contributed by atoms with Gasteiger partial charge in [-0.3, -0.25) is 4.98 Å². The van der Waals surface area contributed by atoms with E-state index in [0.29, 0.717) is 0 Å². The van der Waals surface area contributed by atoms with Gasteiger partial charge in [0.1, 0.15) is 5.75 Å². The van der Waals surface area contributed by atoms with Crippen LogP contribution in [0.4, 0.5) is 0 Å². The highest BCUT2D eigenvalue weighted by Gasteiger charge is 2.01. The van der Waals surface area contributed by atoms with Crippen molar-refractivity contribution >= 4 is 0 Å². The van der Waals surface area contributed by atoms with E-state index in [1.165, 1.54) is 31.2 Å². The Labute approximate surface area is 105 Å². The molecule has 0 aliphatic heterocycles. The number of unbranched alkanes of at least 4 members (excludes halogenated alkanes) is 4. The van der Waals surface area contributed by atoms with Crippen molar-refractivity contribution in [2.24, 2.45) is 0 Å². The Kier molecular flexibility index (Phi) is 7.39. The second-order valence-corrected chi connectivity index (χ2v) is 4.28. The molecule has 0 saturated carbocycles. The molecular weight excluding hydrogens is 212 g/mol. The third-order valence-corrected chi connectivity index (χ3v) is 2.74. The standard InChI is InChI=1S/C14H24N2O/c1-3-4-5-6-7-10-17-14-12-16-9-8-13(14)11-15-2/h8-9,12,15H,3-7,10-11H2,1-2H3. The zero-order valence-corrected chi connectivity index (χ0v) is 11.0. The van der Waals surface area contributed by atoms with E-state index in [9.17, 15) is 0 Å². The van der Waals surface area contributed by atoms with E-state index in [1.54, 1.807) is 12.4 Å². The molecule has 0 spiro atoms. The Morgan fingerprint density at radius 3 is 2.82 bits per heavy atom. The van der Waals surface area contributed by atoms with Gasteiger partial charge in [0.25, 0.3) is 0 Å². The number of aromatic nitrogens is 1. The molecule has 3 heteroatoms. The van der Waals surface area contributed by atoms with Crippen molar-refractivity contribution < 1.29 is 4.74 Å². The fourth-order valence-electron chi connectivity index (χ4n) is 1.76. The van der Waals surface area contributed by atoms with Crippen molar-refractivity contribution in [2.45, 2.75) is 45.6 Å². The average molecular weight is 236 g/mol. The largest absolute Gasteiger partial charge is 0.492 e. The minimum atomic E-state index is 0.798. The zero-order valence-electron chi connectivity index (χ0n) is 11.0. The Morgan fingerprint density at radius 1 is 1.24 bits per heavy atom. The normalized spacial score (nSPS) is 10.5. The van der Waals surface area contributed by atoms with Crippen molar-refractivity contribution in [3.63, 3.8) is 0 Å². The van der Waals surface area contributed by atoms with Crippen LogP contribution in [0.2, 0.25) is 0 Å². The molecule has 1 rings (SSSR count). The van der Waals surface area contributed by atoms with Gasteiger partial charge in [-0.15, -0.1) is 0 Å². The second-order valence-electron chi connectivity index (χ2n) is 4.28. The maximum atomic E-state index is 5.77. The lowest BCUT2D eigenvalue weighted by Gasteiger charge is -2.10. The zero-order chi connectivity index (χ0) is 12.3. The van der Waals surface area contributed by atoms with E-state index >= 15 is 0 Å². The van der Waals surface area contributed by atoms with E-state index < -0.39 is 0 Å². The fourth-order valence-corrected chi connectivity index (χ4v) is 1.76. The molecule has 96 valence electrons. The molecule has 1 heterocycles. The van der Waals surface area contributed by atoms with Gasteiger partial charge in [-0.05, 0) is 19.5 Å². The van der Waals surface area contributed by atoms with Crippen molar-refractivity contribution in [3.05, 3.63) is 24.0 Å². The molecule has 0 fully saturated rings. The van der Waals surface area contributed by atoms with Crippen LogP contribution in [-0.2, 0) is 6.54 Å². The highest BCUT2D eigenvalue weighted by Crippen LogP contribution is 2.16. The first-order chi connectivity index (χ1) is 8.38. The van der Waals surface area contributed by atoms with Crippen LogP contribution >= 0.6 is 0 Å². The smallest absolute Gasteiger partial charge is 0.142 e. The van der Waals surface area contributed by atoms with Gasteiger partial charge in [0.05, 0.1) is 12.8 Å². The monoisotopic (exact) mass is 236 g/mol. The summed E-state index contributed by atoms with van der Waals surface area (Å²) >= 11 is 0. The first kappa shape index (κ1) is 14.0. The number of nitrogens with one attached hydrogen (secondary N) is 1. The number of rotatable bonds is 9. The maximum absolute atomic E-state index is 5.77. The number of hydrogen-bond acceptors (Lipinski definition) is 3. The summed E-state index contributed by atoms with van der Waals surface area (Å²) in [5.74, 6) is 0.914. The molecular formula is C14H24N2O. The summed E-state index contributed by atoms with van der Waals surface area (Å²) in [6, 6.07) is 2.00. The van der Waals surface area contributed by atoms with Crippen LogP contribution in [0.1, 0.15) is 44.6 Å².